The molecule has 1 aliphatic heterocycles. The van der Waals surface area contributed by atoms with Gasteiger partial charge >= 0.3 is 0 Å². The lowest BCUT2D eigenvalue weighted by Crippen LogP contribution is -2.58. The maximum Gasteiger partial charge on any atom is 0.244 e. The minimum Gasteiger partial charge on any atom is -0.350 e. The highest BCUT2D eigenvalue weighted by Crippen LogP contribution is 2.21. The van der Waals surface area contributed by atoms with Crippen molar-refractivity contribution in [3.8, 4) is 6.07 Å². The van der Waals surface area contributed by atoms with Crippen molar-refractivity contribution in [1.82, 2.24) is 20.2 Å². The van der Waals surface area contributed by atoms with Crippen LogP contribution in [0.4, 0.5) is 5.82 Å². The van der Waals surface area contributed by atoms with Crippen molar-refractivity contribution in [1.29, 1.82) is 5.26 Å². The topological polar surface area (TPSA) is 86.0 Å². The van der Waals surface area contributed by atoms with E-state index in [-0.39, 0.29) is 11.9 Å². The first-order valence-electron chi connectivity index (χ1n) is 10.5. The number of anilines is 1. The molecule has 0 spiro atoms. The minimum absolute atomic E-state index is 0.0392. The fourth-order valence-corrected chi connectivity index (χ4v) is 4.09. The van der Waals surface area contributed by atoms with Crippen LogP contribution in [0.3, 0.4) is 0 Å². The quantitative estimate of drug-likeness (QED) is 0.605. The van der Waals surface area contributed by atoms with Gasteiger partial charge in [-0.2, -0.15) is 5.26 Å². The van der Waals surface area contributed by atoms with Crippen LogP contribution in [-0.2, 0) is 17.9 Å². The predicted molar refractivity (Wildman–Crippen MR) is 125 cm³/mol. The van der Waals surface area contributed by atoms with Crippen LogP contribution in [0.15, 0.2) is 55.0 Å². The van der Waals surface area contributed by atoms with Crippen molar-refractivity contribution in [3.63, 3.8) is 0 Å². The Morgan fingerprint density at radius 1 is 1.31 bits per heavy atom. The van der Waals surface area contributed by atoms with Crippen LogP contribution in [0.1, 0.15) is 22.3 Å². The minimum atomic E-state index is -0.348. The normalized spacial score (nSPS) is 15.9. The number of nitrogens with zero attached hydrogens (tertiary/aromatic N) is 4. The van der Waals surface area contributed by atoms with E-state index in [2.05, 4.69) is 26.6 Å². The summed E-state index contributed by atoms with van der Waals surface area (Å²) in [6.45, 7) is 5.10. The summed E-state index contributed by atoms with van der Waals surface area (Å²) in [4.78, 5) is 19.6. The number of piperazine rings is 1. The average Bonchev–Trinajstić information content (AvgIpc) is 3.28. The van der Waals surface area contributed by atoms with E-state index < -0.39 is 0 Å². The summed E-state index contributed by atoms with van der Waals surface area (Å²) >= 11 is 6.12. The summed E-state index contributed by atoms with van der Waals surface area (Å²) < 4.78 is 2.04. The van der Waals surface area contributed by atoms with Gasteiger partial charge in [-0.25, -0.2) is 4.98 Å². The molecule has 1 atom stereocenters. The second-order valence-electron chi connectivity index (χ2n) is 7.89. The molecule has 3 aromatic rings. The summed E-state index contributed by atoms with van der Waals surface area (Å²) in [5, 5.41) is 16.1. The van der Waals surface area contributed by atoms with Gasteiger partial charge in [0.25, 0.3) is 0 Å². The van der Waals surface area contributed by atoms with E-state index in [1.807, 2.05) is 54.0 Å². The number of amides is 1. The number of nitrogens with one attached hydrogen (secondary N) is 2. The molecule has 1 fully saturated rings. The third-order valence-corrected chi connectivity index (χ3v) is 5.97. The third-order valence-electron chi connectivity index (χ3n) is 5.73. The highest BCUT2D eigenvalue weighted by atomic mass is 35.5. The number of nitriles is 1. The first-order valence-corrected chi connectivity index (χ1v) is 10.9. The van der Waals surface area contributed by atoms with E-state index in [4.69, 9.17) is 16.9 Å². The molecule has 8 heteroatoms. The Morgan fingerprint density at radius 3 is 2.91 bits per heavy atom. The van der Waals surface area contributed by atoms with Gasteiger partial charge in [-0.05, 0) is 47.9 Å². The molecule has 32 heavy (non-hydrogen) atoms. The van der Waals surface area contributed by atoms with E-state index in [0.29, 0.717) is 36.8 Å². The number of carbonyl (C=O) groups excluding carboxylic acids is 1. The lowest BCUT2D eigenvalue weighted by atomic mass is 10.1. The number of rotatable bonds is 6. The maximum atomic E-state index is 13.1. The Labute approximate surface area is 192 Å². The fourth-order valence-electron chi connectivity index (χ4n) is 3.90. The van der Waals surface area contributed by atoms with Crippen LogP contribution in [0.5, 0.6) is 0 Å². The molecule has 0 saturated carbocycles. The second-order valence-corrected chi connectivity index (χ2v) is 8.33. The van der Waals surface area contributed by atoms with Gasteiger partial charge in [-0.15, -0.1) is 0 Å². The molecule has 1 amide bonds. The van der Waals surface area contributed by atoms with Crippen LogP contribution in [-0.4, -0.2) is 41.1 Å². The fraction of sp³-hybridized carbons (Fsp3) is 0.292. The lowest BCUT2D eigenvalue weighted by Gasteiger charge is -2.37. The van der Waals surface area contributed by atoms with Crippen molar-refractivity contribution >= 4 is 23.3 Å². The van der Waals surface area contributed by atoms with E-state index in [0.717, 1.165) is 29.1 Å². The van der Waals surface area contributed by atoms with Crippen LogP contribution >= 0.6 is 11.6 Å². The number of hydrogen-bond acceptors (Lipinski definition) is 5. The van der Waals surface area contributed by atoms with Gasteiger partial charge in [-0.3, -0.25) is 4.79 Å². The van der Waals surface area contributed by atoms with Crippen molar-refractivity contribution in [2.45, 2.75) is 26.1 Å². The monoisotopic (exact) mass is 448 g/mol. The maximum absolute atomic E-state index is 13.1. The van der Waals surface area contributed by atoms with Crippen molar-refractivity contribution in [3.05, 3.63) is 82.3 Å². The Morgan fingerprint density at radius 2 is 2.12 bits per heavy atom. The van der Waals surface area contributed by atoms with Crippen molar-refractivity contribution < 1.29 is 4.79 Å². The van der Waals surface area contributed by atoms with Crippen molar-refractivity contribution in [2.75, 3.05) is 24.5 Å². The summed E-state index contributed by atoms with van der Waals surface area (Å²) in [6, 6.07) is 15.0. The van der Waals surface area contributed by atoms with Crippen LogP contribution < -0.4 is 15.5 Å². The van der Waals surface area contributed by atoms with Gasteiger partial charge in [-0.1, -0.05) is 29.8 Å². The van der Waals surface area contributed by atoms with Crippen LogP contribution in [0.2, 0.25) is 5.02 Å². The third kappa shape index (κ3) is 4.93. The molecule has 1 aliphatic rings. The predicted octanol–water partition coefficient (Wildman–Crippen LogP) is 2.86. The van der Waals surface area contributed by atoms with E-state index in [1.54, 1.807) is 12.5 Å². The summed E-state index contributed by atoms with van der Waals surface area (Å²) in [5.74, 6) is 0.859. The van der Waals surface area contributed by atoms with Gasteiger partial charge in [0.05, 0.1) is 30.7 Å². The molecular weight excluding hydrogens is 424 g/mol. The zero-order chi connectivity index (χ0) is 22.5. The largest absolute Gasteiger partial charge is 0.350 e. The van der Waals surface area contributed by atoms with Gasteiger partial charge < -0.3 is 20.1 Å². The average molecular weight is 449 g/mol. The highest BCUT2D eigenvalue weighted by Gasteiger charge is 2.30. The van der Waals surface area contributed by atoms with Gasteiger partial charge in [0.2, 0.25) is 5.91 Å². The Bertz CT molecular complexity index is 1130. The second kappa shape index (κ2) is 9.86. The molecule has 4 rings (SSSR count). The number of imidazole rings is 1. The van der Waals surface area contributed by atoms with Crippen LogP contribution in [0.25, 0.3) is 0 Å². The zero-order valence-corrected chi connectivity index (χ0v) is 18.6. The molecule has 7 nitrogen and oxygen atoms in total. The number of aryl methyl sites for hydroxylation is 1. The number of hydrogen-bond donors (Lipinski definition) is 2. The van der Waals surface area contributed by atoms with E-state index >= 15 is 0 Å². The number of benzene rings is 2. The molecule has 0 bridgehead atoms. The lowest BCUT2D eigenvalue weighted by molar-refractivity contribution is -0.122. The molecule has 0 radical (unpaired) electrons. The van der Waals surface area contributed by atoms with E-state index in [9.17, 15) is 4.79 Å². The summed E-state index contributed by atoms with van der Waals surface area (Å²) in [6.07, 6.45) is 3.58. The molecule has 2 heterocycles. The molecule has 2 N–H and O–H groups in total. The first kappa shape index (κ1) is 21.9. The smallest absolute Gasteiger partial charge is 0.244 e. The van der Waals surface area contributed by atoms with Crippen molar-refractivity contribution in [2.24, 2.45) is 0 Å². The molecule has 1 aromatic heterocycles. The summed E-state index contributed by atoms with van der Waals surface area (Å²) in [7, 11) is 0. The molecule has 164 valence electrons. The first-order chi connectivity index (χ1) is 15.5. The highest BCUT2D eigenvalue weighted by molar-refractivity contribution is 6.30. The Hall–Kier alpha value is -3.34. The SMILES string of the molecule is Cc1ccc(Cl)cc1CNC(=O)C1CNCCN1c1cncn1Cc1ccc(C#N)cc1. The van der Waals surface area contributed by atoms with Gasteiger partial charge in [0.1, 0.15) is 11.9 Å². The van der Waals surface area contributed by atoms with E-state index in [1.165, 1.54) is 0 Å². The molecular formula is C24H25ClN6O. The van der Waals surface area contributed by atoms with Gasteiger partial charge in [0, 0.05) is 31.2 Å². The molecule has 1 saturated heterocycles. The summed E-state index contributed by atoms with van der Waals surface area (Å²) in [5.41, 5.74) is 3.80. The molecule has 1 unspecified atom stereocenters. The van der Waals surface area contributed by atoms with Gasteiger partial charge in [0.15, 0.2) is 0 Å². The number of carbonyl (C=O) groups is 1. The molecule has 2 aromatic carbocycles. The van der Waals surface area contributed by atoms with Crippen LogP contribution in [0, 0.1) is 18.3 Å². The zero-order valence-electron chi connectivity index (χ0n) is 17.9. The molecule has 0 aliphatic carbocycles. The number of aromatic nitrogens is 2. The standard InChI is InChI=1S/C24H25ClN6O/c1-17-2-7-21(25)10-20(17)12-29-24(32)22-13-27-8-9-31(22)23-14-28-16-30(23)15-19-5-3-18(11-26)4-6-19/h2-7,10,14,16,22,27H,8-9,12-13,15H2,1H3,(H,29,32). The Kier molecular flexibility index (Phi) is 6.74. The Balaban J connectivity index is 1.48. The number of halogens is 1.